The first-order chi connectivity index (χ1) is 11.8. The zero-order chi connectivity index (χ0) is 16.8. The number of likely N-dealkylation sites (tertiary alicyclic amines) is 1. The van der Waals surface area contributed by atoms with Crippen molar-refractivity contribution in [2.24, 2.45) is 5.92 Å². The van der Waals surface area contributed by atoms with E-state index in [4.69, 9.17) is 9.47 Å². The van der Waals surface area contributed by atoms with Crippen molar-refractivity contribution in [1.82, 2.24) is 10.2 Å². The summed E-state index contributed by atoms with van der Waals surface area (Å²) in [5.41, 5.74) is 1.24. The molecule has 0 aromatic heterocycles. The monoisotopic (exact) mass is 332 g/mol. The minimum absolute atomic E-state index is 0.105. The molecule has 1 atom stereocenters. The second-order valence-corrected chi connectivity index (χ2v) is 6.66. The van der Waals surface area contributed by atoms with Crippen molar-refractivity contribution >= 4 is 5.91 Å². The lowest BCUT2D eigenvalue weighted by Gasteiger charge is -2.29. The van der Waals surface area contributed by atoms with Crippen molar-refractivity contribution in [3.8, 4) is 5.75 Å². The van der Waals surface area contributed by atoms with Crippen LogP contribution < -0.4 is 10.1 Å². The predicted molar refractivity (Wildman–Crippen MR) is 93.1 cm³/mol. The van der Waals surface area contributed by atoms with E-state index in [1.165, 1.54) is 18.4 Å². The van der Waals surface area contributed by atoms with Crippen molar-refractivity contribution in [3.05, 3.63) is 29.8 Å². The third kappa shape index (κ3) is 4.28. The zero-order valence-corrected chi connectivity index (χ0v) is 14.5. The van der Waals surface area contributed by atoms with E-state index >= 15 is 0 Å². The Balaban J connectivity index is 1.64. The standard InChI is InChI=1S/C19H28N2O3/c1-23-17-6-4-15(5-7-17)18(21-10-2-3-11-21)14-20-19(22)16-8-12-24-13-9-16/h4-7,16,18H,2-3,8-14H2,1H3,(H,20,22). The highest BCUT2D eigenvalue weighted by Crippen LogP contribution is 2.26. The molecule has 0 spiro atoms. The van der Waals surface area contributed by atoms with Gasteiger partial charge in [-0.15, -0.1) is 0 Å². The molecule has 0 saturated carbocycles. The quantitative estimate of drug-likeness (QED) is 0.869. The van der Waals surface area contributed by atoms with Gasteiger partial charge in [0.15, 0.2) is 0 Å². The molecule has 1 unspecified atom stereocenters. The first-order valence-corrected chi connectivity index (χ1v) is 9.01. The SMILES string of the molecule is COc1ccc(C(CNC(=O)C2CCOCC2)N2CCCC2)cc1. The molecule has 2 aliphatic heterocycles. The van der Waals surface area contributed by atoms with E-state index in [2.05, 4.69) is 22.3 Å². The van der Waals surface area contributed by atoms with Gasteiger partial charge in [-0.2, -0.15) is 0 Å². The fourth-order valence-corrected chi connectivity index (χ4v) is 3.64. The van der Waals surface area contributed by atoms with Gasteiger partial charge < -0.3 is 14.8 Å². The number of nitrogens with zero attached hydrogens (tertiary/aromatic N) is 1. The number of ether oxygens (including phenoxy) is 2. The van der Waals surface area contributed by atoms with Gasteiger partial charge in [0, 0.05) is 25.7 Å². The van der Waals surface area contributed by atoms with Gasteiger partial charge in [-0.1, -0.05) is 12.1 Å². The van der Waals surface area contributed by atoms with Gasteiger partial charge in [0.2, 0.25) is 5.91 Å². The Morgan fingerprint density at radius 3 is 2.54 bits per heavy atom. The average Bonchev–Trinajstić information content (AvgIpc) is 3.17. The summed E-state index contributed by atoms with van der Waals surface area (Å²) in [6.07, 6.45) is 4.15. The third-order valence-electron chi connectivity index (χ3n) is 5.14. The zero-order valence-electron chi connectivity index (χ0n) is 14.5. The number of carbonyl (C=O) groups excluding carboxylic acids is 1. The van der Waals surface area contributed by atoms with Crippen LogP contribution >= 0.6 is 0 Å². The number of hydrogen-bond acceptors (Lipinski definition) is 4. The van der Waals surface area contributed by atoms with Crippen LogP contribution in [-0.4, -0.2) is 50.8 Å². The first-order valence-electron chi connectivity index (χ1n) is 9.01. The van der Waals surface area contributed by atoms with E-state index in [1.807, 2.05) is 12.1 Å². The van der Waals surface area contributed by atoms with Crippen molar-refractivity contribution in [1.29, 1.82) is 0 Å². The van der Waals surface area contributed by atoms with Crippen LogP contribution in [0, 0.1) is 5.92 Å². The number of methoxy groups -OCH3 is 1. The second-order valence-electron chi connectivity index (χ2n) is 6.66. The summed E-state index contributed by atoms with van der Waals surface area (Å²) in [6.45, 7) is 4.27. The Morgan fingerprint density at radius 2 is 1.92 bits per heavy atom. The molecule has 24 heavy (non-hydrogen) atoms. The highest BCUT2D eigenvalue weighted by Gasteiger charge is 2.26. The summed E-state index contributed by atoms with van der Waals surface area (Å²) in [5.74, 6) is 1.15. The van der Waals surface area contributed by atoms with E-state index in [9.17, 15) is 4.79 Å². The molecule has 1 aromatic rings. The van der Waals surface area contributed by atoms with Gasteiger partial charge in [-0.25, -0.2) is 0 Å². The first kappa shape index (κ1) is 17.2. The maximum Gasteiger partial charge on any atom is 0.223 e. The molecule has 5 heteroatoms. The van der Waals surface area contributed by atoms with E-state index in [0.717, 1.165) is 31.7 Å². The lowest BCUT2D eigenvalue weighted by molar-refractivity contribution is -0.128. The Morgan fingerprint density at radius 1 is 1.25 bits per heavy atom. The van der Waals surface area contributed by atoms with Crippen LogP contribution in [0.1, 0.15) is 37.3 Å². The van der Waals surface area contributed by atoms with E-state index < -0.39 is 0 Å². The van der Waals surface area contributed by atoms with E-state index in [0.29, 0.717) is 19.8 Å². The molecule has 0 bridgehead atoms. The minimum atomic E-state index is 0.105. The molecular formula is C19H28N2O3. The van der Waals surface area contributed by atoms with Crippen molar-refractivity contribution in [2.75, 3.05) is 40.0 Å². The molecule has 132 valence electrons. The molecule has 0 aliphatic carbocycles. The smallest absolute Gasteiger partial charge is 0.223 e. The van der Waals surface area contributed by atoms with Crippen LogP contribution in [0.4, 0.5) is 0 Å². The molecule has 2 aliphatic rings. The molecule has 1 aromatic carbocycles. The Hall–Kier alpha value is -1.59. The predicted octanol–water partition coefficient (Wildman–Crippen LogP) is 2.37. The molecule has 5 nitrogen and oxygen atoms in total. The second kappa shape index (κ2) is 8.49. The van der Waals surface area contributed by atoms with Crippen LogP contribution in [0.5, 0.6) is 5.75 Å². The Kier molecular flexibility index (Phi) is 6.10. The largest absolute Gasteiger partial charge is 0.497 e. The highest BCUT2D eigenvalue weighted by atomic mass is 16.5. The summed E-state index contributed by atoms with van der Waals surface area (Å²) in [7, 11) is 1.68. The maximum absolute atomic E-state index is 12.4. The van der Waals surface area contributed by atoms with Gasteiger partial charge in [0.05, 0.1) is 13.2 Å². The Bertz CT molecular complexity index is 520. The van der Waals surface area contributed by atoms with Crippen molar-refractivity contribution < 1.29 is 14.3 Å². The summed E-state index contributed by atoms with van der Waals surface area (Å²) in [5, 5.41) is 3.19. The summed E-state index contributed by atoms with van der Waals surface area (Å²) >= 11 is 0. The fraction of sp³-hybridized carbons (Fsp3) is 0.632. The summed E-state index contributed by atoms with van der Waals surface area (Å²) < 4.78 is 10.6. The van der Waals surface area contributed by atoms with Crippen molar-refractivity contribution in [3.63, 3.8) is 0 Å². The average molecular weight is 332 g/mol. The molecule has 1 N–H and O–H groups in total. The number of benzene rings is 1. The molecule has 1 amide bonds. The third-order valence-corrected chi connectivity index (χ3v) is 5.14. The summed E-state index contributed by atoms with van der Waals surface area (Å²) in [4.78, 5) is 14.9. The topological polar surface area (TPSA) is 50.8 Å². The van der Waals surface area contributed by atoms with Crippen LogP contribution in [0.15, 0.2) is 24.3 Å². The Labute approximate surface area is 144 Å². The highest BCUT2D eigenvalue weighted by molar-refractivity contribution is 5.78. The van der Waals surface area contributed by atoms with Gasteiger partial charge in [0.25, 0.3) is 0 Å². The van der Waals surface area contributed by atoms with Crippen molar-refractivity contribution in [2.45, 2.75) is 31.7 Å². The van der Waals surface area contributed by atoms with E-state index in [-0.39, 0.29) is 17.9 Å². The number of nitrogens with one attached hydrogen (secondary N) is 1. The van der Waals surface area contributed by atoms with Crippen LogP contribution in [-0.2, 0) is 9.53 Å². The molecule has 2 heterocycles. The lowest BCUT2D eigenvalue weighted by atomic mass is 9.99. The fourth-order valence-electron chi connectivity index (χ4n) is 3.64. The van der Waals surface area contributed by atoms with Crippen LogP contribution in [0.2, 0.25) is 0 Å². The number of amides is 1. The normalized spacial score (nSPS) is 20.7. The molecule has 0 radical (unpaired) electrons. The van der Waals surface area contributed by atoms with Gasteiger partial charge in [-0.05, 0) is 56.5 Å². The van der Waals surface area contributed by atoms with E-state index in [1.54, 1.807) is 7.11 Å². The van der Waals surface area contributed by atoms with Gasteiger partial charge in [-0.3, -0.25) is 9.69 Å². The number of carbonyl (C=O) groups is 1. The summed E-state index contributed by atoms with van der Waals surface area (Å²) in [6, 6.07) is 8.46. The van der Waals surface area contributed by atoms with Crippen LogP contribution in [0.3, 0.4) is 0 Å². The molecular weight excluding hydrogens is 304 g/mol. The molecule has 3 rings (SSSR count). The number of rotatable bonds is 6. The van der Waals surface area contributed by atoms with Crippen LogP contribution in [0.25, 0.3) is 0 Å². The minimum Gasteiger partial charge on any atom is -0.497 e. The lowest BCUT2D eigenvalue weighted by Crippen LogP contribution is -2.40. The van der Waals surface area contributed by atoms with Gasteiger partial charge >= 0.3 is 0 Å². The molecule has 2 fully saturated rings. The van der Waals surface area contributed by atoms with Gasteiger partial charge in [0.1, 0.15) is 5.75 Å². The molecule has 2 saturated heterocycles. The number of hydrogen-bond donors (Lipinski definition) is 1. The maximum atomic E-state index is 12.4.